The maximum absolute atomic E-state index is 10.9. The van der Waals surface area contributed by atoms with Crippen molar-refractivity contribution in [2.75, 3.05) is 27.2 Å². The van der Waals surface area contributed by atoms with Gasteiger partial charge in [0.2, 0.25) is 5.91 Å². The van der Waals surface area contributed by atoms with Gasteiger partial charge in [0, 0.05) is 20.5 Å². The Morgan fingerprint density at radius 3 is 2.45 bits per heavy atom. The number of rotatable bonds is 4. The Kier molecular flexibility index (Phi) is 5.33. The molecule has 0 spiro atoms. The highest BCUT2D eigenvalue weighted by atomic mass is 16.2. The SMILES string of the molecule is CCN=NCCC(=O)N(C)C. The normalized spacial score (nSPS) is 10.5. The molecule has 11 heavy (non-hydrogen) atoms. The highest BCUT2D eigenvalue weighted by molar-refractivity contribution is 5.75. The molecule has 0 unspecified atom stereocenters. The Balaban J connectivity index is 3.39. The van der Waals surface area contributed by atoms with Crippen LogP contribution in [0.1, 0.15) is 13.3 Å². The lowest BCUT2D eigenvalue weighted by Crippen LogP contribution is -2.21. The molecule has 0 saturated heterocycles. The van der Waals surface area contributed by atoms with Crippen LogP contribution in [0.5, 0.6) is 0 Å². The minimum atomic E-state index is 0.0973. The van der Waals surface area contributed by atoms with Gasteiger partial charge >= 0.3 is 0 Å². The third-order valence-electron chi connectivity index (χ3n) is 1.17. The van der Waals surface area contributed by atoms with E-state index in [0.717, 1.165) is 0 Å². The first kappa shape index (κ1) is 10.1. The number of hydrogen-bond donors (Lipinski definition) is 0. The largest absolute Gasteiger partial charge is 0.349 e. The van der Waals surface area contributed by atoms with Crippen molar-refractivity contribution in [3.63, 3.8) is 0 Å². The molecule has 0 aromatic carbocycles. The van der Waals surface area contributed by atoms with E-state index in [1.807, 2.05) is 6.92 Å². The summed E-state index contributed by atoms with van der Waals surface area (Å²) in [6.07, 6.45) is 0.455. The quantitative estimate of drug-likeness (QED) is 0.560. The van der Waals surface area contributed by atoms with Crippen LogP contribution in [0.15, 0.2) is 10.2 Å². The van der Waals surface area contributed by atoms with Crippen LogP contribution in [-0.4, -0.2) is 38.0 Å². The lowest BCUT2D eigenvalue weighted by atomic mass is 10.4. The van der Waals surface area contributed by atoms with Crippen molar-refractivity contribution in [2.45, 2.75) is 13.3 Å². The molecule has 0 N–H and O–H groups in total. The summed E-state index contributed by atoms with van der Waals surface area (Å²) in [5.41, 5.74) is 0. The molecule has 0 bridgehead atoms. The molecule has 0 saturated carbocycles. The van der Waals surface area contributed by atoms with E-state index in [1.165, 1.54) is 0 Å². The topological polar surface area (TPSA) is 45.0 Å². The van der Waals surface area contributed by atoms with Crippen molar-refractivity contribution in [2.24, 2.45) is 10.2 Å². The van der Waals surface area contributed by atoms with E-state index >= 15 is 0 Å². The lowest BCUT2D eigenvalue weighted by Gasteiger charge is -2.07. The first-order valence-corrected chi connectivity index (χ1v) is 3.72. The van der Waals surface area contributed by atoms with Gasteiger partial charge in [0.1, 0.15) is 0 Å². The molecule has 0 fully saturated rings. The van der Waals surface area contributed by atoms with Crippen LogP contribution >= 0.6 is 0 Å². The number of nitrogens with zero attached hydrogens (tertiary/aromatic N) is 3. The maximum Gasteiger partial charge on any atom is 0.223 e. The molecule has 0 aliphatic rings. The zero-order valence-electron chi connectivity index (χ0n) is 7.37. The summed E-state index contributed by atoms with van der Waals surface area (Å²) in [4.78, 5) is 12.5. The molecule has 0 aromatic rings. The third-order valence-corrected chi connectivity index (χ3v) is 1.17. The average Bonchev–Trinajstić information content (AvgIpc) is 1.97. The van der Waals surface area contributed by atoms with E-state index in [0.29, 0.717) is 19.5 Å². The van der Waals surface area contributed by atoms with Gasteiger partial charge < -0.3 is 4.90 Å². The summed E-state index contributed by atoms with van der Waals surface area (Å²) in [5, 5.41) is 7.55. The first-order valence-electron chi connectivity index (χ1n) is 3.72. The van der Waals surface area contributed by atoms with Gasteiger partial charge in [0.05, 0.1) is 13.1 Å². The molecule has 0 aliphatic heterocycles. The van der Waals surface area contributed by atoms with Crippen LogP contribution in [0, 0.1) is 0 Å². The van der Waals surface area contributed by atoms with Crippen molar-refractivity contribution in [3.05, 3.63) is 0 Å². The summed E-state index contributed by atoms with van der Waals surface area (Å²) >= 11 is 0. The van der Waals surface area contributed by atoms with Gasteiger partial charge in [-0.3, -0.25) is 4.79 Å². The second-order valence-corrected chi connectivity index (χ2v) is 2.36. The van der Waals surface area contributed by atoms with Gasteiger partial charge in [-0.15, -0.1) is 0 Å². The molecule has 0 rings (SSSR count). The lowest BCUT2D eigenvalue weighted by molar-refractivity contribution is -0.128. The fourth-order valence-corrected chi connectivity index (χ4v) is 0.540. The summed E-state index contributed by atoms with van der Waals surface area (Å²) < 4.78 is 0. The fourth-order valence-electron chi connectivity index (χ4n) is 0.540. The van der Waals surface area contributed by atoms with Gasteiger partial charge in [0.15, 0.2) is 0 Å². The van der Waals surface area contributed by atoms with Gasteiger partial charge in [-0.1, -0.05) is 0 Å². The molecule has 64 valence electrons. The van der Waals surface area contributed by atoms with Crippen molar-refractivity contribution in [1.82, 2.24) is 4.90 Å². The molecule has 0 aliphatic carbocycles. The van der Waals surface area contributed by atoms with E-state index in [2.05, 4.69) is 10.2 Å². The summed E-state index contributed by atoms with van der Waals surface area (Å²) in [7, 11) is 3.47. The molecular formula is C7H15N3O. The van der Waals surface area contributed by atoms with Crippen molar-refractivity contribution in [3.8, 4) is 0 Å². The summed E-state index contributed by atoms with van der Waals surface area (Å²) in [6.45, 7) is 3.11. The van der Waals surface area contributed by atoms with Crippen LogP contribution in [0.2, 0.25) is 0 Å². The van der Waals surface area contributed by atoms with Gasteiger partial charge in [-0.05, 0) is 6.92 Å². The average molecular weight is 157 g/mol. The maximum atomic E-state index is 10.9. The minimum Gasteiger partial charge on any atom is -0.349 e. The smallest absolute Gasteiger partial charge is 0.223 e. The zero-order valence-corrected chi connectivity index (χ0v) is 7.37. The second-order valence-electron chi connectivity index (χ2n) is 2.36. The molecule has 4 heteroatoms. The number of carbonyl (C=O) groups is 1. The Bertz CT molecular complexity index is 143. The number of carbonyl (C=O) groups excluding carboxylic acids is 1. The predicted octanol–water partition coefficient (Wildman–Crippen LogP) is 0.937. The Morgan fingerprint density at radius 2 is 2.00 bits per heavy atom. The Morgan fingerprint density at radius 1 is 1.36 bits per heavy atom. The van der Waals surface area contributed by atoms with Crippen LogP contribution in [0.3, 0.4) is 0 Å². The van der Waals surface area contributed by atoms with Crippen molar-refractivity contribution >= 4 is 5.91 Å². The van der Waals surface area contributed by atoms with Crippen LogP contribution in [-0.2, 0) is 4.79 Å². The summed E-state index contributed by atoms with van der Waals surface area (Å²) in [6, 6.07) is 0. The molecule has 1 amide bonds. The van der Waals surface area contributed by atoms with E-state index in [9.17, 15) is 4.79 Å². The van der Waals surface area contributed by atoms with Crippen LogP contribution in [0.4, 0.5) is 0 Å². The number of amides is 1. The van der Waals surface area contributed by atoms with Gasteiger partial charge in [-0.2, -0.15) is 10.2 Å². The van der Waals surface area contributed by atoms with E-state index < -0.39 is 0 Å². The highest BCUT2D eigenvalue weighted by Gasteiger charge is 2.00. The number of hydrogen-bond acceptors (Lipinski definition) is 3. The van der Waals surface area contributed by atoms with Crippen LogP contribution < -0.4 is 0 Å². The zero-order chi connectivity index (χ0) is 8.69. The molecule has 0 atom stereocenters. The Hall–Kier alpha value is -0.930. The van der Waals surface area contributed by atoms with Crippen molar-refractivity contribution in [1.29, 1.82) is 0 Å². The molecule has 4 nitrogen and oxygen atoms in total. The minimum absolute atomic E-state index is 0.0973. The van der Waals surface area contributed by atoms with E-state index in [1.54, 1.807) is 19.0 Å². The van der Waals surface area contributed by atoms with Crippen LogP contribution in [0.25, 0.3) is 0 Å². The fraction of sp³-hybridized carbons (Fsp3) is 0.857. The molecule has 0 radical (unpaired) electrons. The van der Waals surface area contributed by atoms with Gasteiger partial charge in [0.25, 0.3) is 0 Å². The standard InChI is InChI=1S/C7H15N3O/c1-4-8-9-6-5-7(11)10(2)3/h4-6H2,1-3H3. The first-order chi connectivity index (χ1) is 5.18. The predicted molar refractivity (Wildman–Crippen MR) is 43.6 cm³/mol. The Labute approximate surface area is 67.3 Å². The van der Waals surface area contributed by atoms with Gasteiger partial charge in [-0.25, -0.2) is 0 Å². The molecule has 0 heterocycles. The molecular weight excluding hydrogens is 142 g/mol. The molecule has 0 aromatic heterocycles. The van der Waals surface area contributed by atoms with E-state index in [-0.39, 0.29) is 5.91 Å². The third kappa shape index (κ3) is 5.51. The monoisotopic (exact) mass is 157 g/mol. The number of azo groups is 1. The van der Waals surface area contributed by atoms with E-state index in [4.69, 9.17) is 0 Å². The second kappa shape index (κ2) is 5.82. The highest BCUT2D eigenvalue weighted by Crippen LogP contribution is 1.88. The van der Waals surface area contributed by atoms with Crippen molar-refractivity contribution < 1.29 is 4.79 Å². The summed E-state index contributed by atoms with van der Waals surface area (Å²) in [5.74, 6) is 0.0973.